The standard InChI is InChI=1S/C23H19N3O9/c1-34-26-17-12-5-8-4-11-10(9-6-25-35-7-9)2-3-13(27)15(11)18(28)14(8)20(30)23(12,33)21(31)16(19(17)29)22(24)32/h2-3,6-8,12,27-29,33H,4-5H2,1H3,(H2,24,32)/b26-17-/t8-,12?,23-/m0/s1. The van der Waals surface area contributed by atoms with Gasteiger partial charge in [0.25, 0.3) is 5.91 Å². The van der Waals surface area contributed by atoms with Crippen molar-refractivity contribution in [3.8, 4) is 16.9 Å². The van der Waals surface area contributed by atoms with Gasteiger partial charge in [0.2, 0.25) is 11.6 Å². The third-order valence-corrected chi connectivity index (χ3v) is 6.82. The predicted molar refractivity (Wildman–Crippen MR) is 117 cm³/mol. The van der Waals surface area contributed by atoms with E-state index in [1.54, 1.807) is 6.07 Å². The second-order valence-corrected chi connectivity index (χ2v) is 8.52. The molecule has 3 atom stereocenters. The molecule has 5 rings (SSSR count). The summed E-state index contributed by atoms with van der Waals surface area (Å²) < 4.78 is 4.91. The van der Waals surface area contributed by atoms with Gasteiger partial charge in [-0.25, -0.2) is 0 Å². The van der Waals surface area contributed by atoms with Crippen LogP contribution in [0.25, 0.3) is 16.9 Å². The van der Waals surface area contributed by atoms with Crippen LogP contribution in [0.3, 0.4) is 0 Å². The number of nitrogens with two attached hydrogens (primary N) is 1. The highest BCUT2D eigenvalue weighted by Crippen LogP contribution is 2.51. The Bertz CT molecular complexity index is 1400. The monoisotopic (exact) mass is 481 g/mol. The normalized spacial score (nSPS) is 27.0. The number of rotatable bonds is 3. The highest BCUT2D eigenvalue weighted by molar-refractivity contribution is 6.38. The zero-order valence-corrected chi connectivity index (χ0v) is 18.2. The molecular weight excluding hydrogens is 462 g/mol. The molecule has 3 aliphatic carbocycles. The maximum Gasteiger partial charge on any atom is 0.256 e. The van der Waals surface area contributed by atoms with Crippen molar-refractivity contribution in [3.05, 3.63) is 52.6 Å². The number of aliphatic hydroxyl groups is 3. The molecule has 12 heteroatoms. The van der Waals surface area contributed by atoms with Crippen molar-refractivity contribution >= 4 is 28.9 Å². The number of aromatic hydroxyl groups is 1. The van der Waals surface area contributed by atoms with E-state index in [0.717, 1.165) is 7.11 Å². The number of carbonyl (C=O) groups is 3. The van der Waals surface area contributed by atoms with Gasteiger partial charge in [-0.05, 0) is 36.0 Å². The summed E-state index contributed by atoms with van der Waals surface area (Å²) in [6.45, 7) is 0. The number of phenols is 1. The van der Waals surface area contributed by atoms with Crippen LogP contribution in [-0.4, -0.2) is 61.5 Å². The molecule has 6 N–H and O–H groups in total. The number of benzene rings is 1. The summed E-state index contributed by atoms with van der Waals surface area (Å²) in [5, 5.41) is 51.0. The summed E-state index contributed by atoms with van der Waals surface area (Å²) in [6, 6.07) is 2.93. The number of aliphatic hydroxyl groups excluding tert-OH is 2. The summed E-state index contributed by atoms with van der Waals surface area (Å²) >= 11 is 0. The van der Waals surface area contributed by atoms with Crippen LogP contribution < -0.4 is 5.73 Å². The first-order chi connectivity index (χ1) is 16.6. The first-order valence-corrected chi connectivity index (χ1v) is 10.5. The van der Waals surface area contributed by atoms with E-state index in [-0.39, 0.29) is 29.7 Å². The second-order valence-electron chi connectivity index (χ2n) is 8.52. The molecule has 1 fully saturated rings. The number of hydrogen-bond acceptors (Lipinski definition) is 11. The van der Waals surface area contributed by atoms with Gasteiger partial charge in [-0.15, -0.1) is 0 Å². The molecule has 180 valence electrons. The number of phenolic OH excluding ortho intramolecular Hbond substituents is 1. The molecule has 0 radical (unpaired) electrons. The fraction of sp³-hybridized carbons (Fsp3) is 0.261. The van der Waals surface area contributed by atoms with Gasteiger partial charge >= 0.3 is 0 Å². The summed E-state index contributed by atoms with van der Waals surface area (Å²) in [5.41, 5.74) is 2.28. The smallest absolute Gasteiger partial charge is 0.256 e. The highest BCUT2D eigenvalue weighted by Gasteiger charge is 2.64. The number of allylic oxidation sites excluding steroid dienone is 1. The summed E-state index contributed by atoms with van der Waals surface area (Å²) in [7, 11) is 1.15. The lowest BCUT2D eigenvalue weighted by Crippen LogP contribution is -2.64. The zero-order chi connectivity index (χ0) is 25.2. The summed E-state index contributed by atoms with van der Waals surface area (Å²) in [5.74, 6) is -7.93. The van der Waals surface area contributed by atoms with Crippen molar-refractivity contribution in [3.63, 3.8) is 0 Å². The number of carbonyl (C=O) groups excluding carboxylic acids is 3. The number of Topliss-reactive ketones (excluding diaryl/α,β-unsaturated/α-hetero) is 2. The Hall–Kier alpha value is -4.45. The minimum absolute atomic E-state index is 0.0343. The number of amides is 1. The molecule has 1 aromatic carbocycles. The predicted octanol–water partition coefficient (Wildman–Crippen LogP) is 0.691. The van der Waals surface area contributed by atoms with Crippen LogP contribution in [0.4, 0.5) is 0 Å². The molecule has 1 heterocycles. The molecule has 0 bridgehead atoms. The van der Waals surface area contributed by atoms with Crippen molar-refractivity contribution in [1.29, 1.82) is 0 Å². The summed E-state index contributed by atoms with van der Waals surface area (Å²) in [4.78, 5) is 43.4. The number of oxime groups is 1. The average molecular weight is 481 g/mol. The van der Waals surface area contributed by atoms with Crippen LogP contribution in [0.15, 0.2) is 51.2 Å². The van der Waals surface area contributed by atoms with Gasteiger partial charge in [0.15, 0.2) is 11.4 Å². The van der Waals surface area contributed by atoms with E-state index in [2.05, 4.69) is 10.3 Å². The Morgan fingerprint density at radius 2 is 1.97 bits per heavy atom. The maximum absolute atomic E-state index is 13.6. The Morgan fingerprint density at radius 1 is 1.23 bits per heavy atom. The van der Waals surface area contributed by atoms with E-state index in [1.165, 1.54) is 18.5 Å². The molecule has 35 heavy (non-hydrogen) atoms. The van der Waals surface area contributed by atoms with Crippen LogP contribution in [-0.2, 0) is 25.6 Å². The first-order valence-electron chi connectivity index (χ1n) is 10.5. The van der Waals surface area contributed by atoms with Gasteiger partial charge in [-0.1, -0.05) is 16.4 Å². The van der Waals surface area contributed by atoms with Crippen molar-refractivity contribution in [1.82, 2.24) is 5.16 Å². The van der Waals surface area contributed by atoms with Crippen LogP contribution in [0, 0.1) is 11.8 Å². The van der Waals surface area contributed by atoms with Crippen LogP contribution in [0.2, 0.25) is 0 Å². The fourth-order valence-corrected chi connectivity index (χ4v) is 5.31. The minimum atomic E-state index is -2.88. The molecule has 1 unspecified atom stereocenters. The van der Waals surface area contributed by atoms with E-state index in [0.29, 0.717) is 16.7 Å². The van der Waals surface area contributed by atoms with Crippen molar-refractivity contribution in [2.75, 3.05) is 7.11 Å². The van der Waals surface area contributed by atoms with Gasteiger partial charge in [0, 0.05) is 11.1 Å². The fourth-order valence-electron chi connectivity index (χ4n) is 5.31. The van der Waals surface area contributed by atoms with Crippen LogP contribution >= 0.6 is 0 Å². The third kappa shape index (κ3) is 2.86. The van der Waals surface area contributed by atoms with Gasteiger partial charge in [0.05, 0.1) is 17.7 Å². The van der Waals surface area contributed by atoms with Crippen molar-refractivity contribution in [2.24, 2.45) is 22.7 Å². The molecule has 1 aromatic heterocycles. The van der Waals surface area contributed by atoms with Crippen molar-refractivity contribution in [2.45, 2.75) is 18.4 Å². The number of hydrogen-bond donors (Lipinski definition) is 5. The van der Waals surface area contributed by atoms with Gasteiger partial charge < -0.3 is 35.5 Å². The number of nitrogens with zero attached hydrogens (tertiary/aromatic N) is 2. The Labute approximate surface area is 196 Å². The lowest BCUT2D eigenvalue weighted by atomic mass is 9.58. The number of ketones is 2. The van der Waals surface area contributed by atoms with E-state index >= 15 is 0 Å². The maximum atomic E-state index is 13.6. The minimum Gasteiger partial charge on any atom is -0.507 e. The molecular formula is C23H19N3O9. The number of aromatic nitrogens is 1. The van der Waals surface area contributed by atoms with Gasteiger partial charge in [-0.2, -0.15) is 0 Å². The lowest BCUT2D eigenvalue weighted by molar-refractivity contribution is -0.153. The number of primary amides is 1. The summed E-state index contributed by atoms with van der Waals surface area (Å²) in [6.07, 6.45) is 2.81. The van der Waals surface area contributed by atoms with E-state index in [9.17, 15) is 34.8 Å². The first kappa shape index (κ1) is 22.3. The van der Waals surface area contributed by atoms with E-state index in [1.807, 2.05) is 0 Å². The SMILES string of the molecule is CO/N=C1\C(O)=C(C(N)=O)C(=O)[C@@]2(O)C(=O)C3=C(O)c4c(O)ccc(-c5cnoc5)c4C[C@H]3CC12. The molecule has 2 aromatic rings. The van der Waals surface area contributed by atoms with E-state index < -0.39 is 57.7 Å². The van der Waals surface area contributed by atoms with Crippen molar-refractivity contribution < 1.29 is 44.2 Å². The highest BCUT2D eigenvalue weighted by atomic mass is 16.6. The lowest BCUT2D eigenvalue weighted by Gasteiger charge is -2.45. The molecule has 0 saturated heterocycles. The number of fused-ring (bicyclic) bond motifs is 3. The van der Waals surface area contributed by atoms with Gasteiger partial charge in [-0.3, -0.25) is 14.4 Å². The van der Waals surface area contributed by atoms with Crippen LogP contribution in [0.5, 0.6) is 5.75 Å². The molecule has 3 aliphatic rings. The zero-order valence-electron chi connectivity index (χ0n) is 18.2. The third-order valence-electron chi connectivity index (χ3n) is 6.82. The van der Waals surface area contributed by atoms with Crippen LogP contribution in [0.1, 0.15) is 17.5 Å². The Kier molecular flexibility index (Phi) is 4.81. The molecule has 1 saturated carbocycles. The Balaban J connectivity index is 1.74. The molecule has 1 amide bonds. The quantitative estimate of drug-likeness (QED) is 0.235. The average Bonchev–Trinajstić information content (AvgIpc) is 3.33. The molecule has 12 nitrogen and oxygen atoms in total. The molecule has 0 spiro atoms. The second kappa shape index (κ2) is 7.53. The van der Waals surface area contributed by atoms with Gasteiger partial charge in [0.1, 0.15) is 36.2 Å². The largest absolute Gasteiger partial charge is 0.507 e. The van der Waals surface area contributed by atoms with E-state index in [4.69, 9.17) is 15.1 Å². The molecule has 0 aliphatic heterocycles. The topological polar surface area (TPSA) is 206 Å². The Morgan fingerprint density at radius 3 is 2.60 bits per heavy atom.